The Bertz CT molecular complexity index is 1430. The van der Waals surface area contributed by atoms with E-state index >= 15 is 0 Å². The molecule has 3 heterocycles. The Morgan fingerprint density at radius 3 is 2.52 bits per heavy atom. The summed E-state index contributed by atoms with van der Waals surface area (Å²) in [5.41, 5.74) is 1.47. The Morgan fingerprint density at radius 2 is 1.88 bits per heavy atom. The van der Waals surface area contributed by atoms with Crippen LogP contribution >= 0.6 is 0 Å². The molecule has 0 bridgehead atoms. The molecule has 3 aromatic rings. The zero-order chi connectivity index (χ0) is 29.0. The summed E-state index contributed by atoms with van der Waals surface area (Å²) < 4.78 is 39.8. The molecule has 4 rings (SSSR count). The highest BCUT2D eigenvalue weighted by molar-refractivity contribution is 7.89. The molecule has 218 valence electrons. The van der Waals surface area contributed by atoms with Crippen LogP contribution < -0.4 is 20.1 Å². The lowest BCUT2D eigenvalue weighted by molar-refractivity contribution is -0.137. The number of nitrogens with zero attached hydrogens (tertiary/aromatic N) is 4. The Hall–Kier alpha value is -3.37. The minimum Gasteiger partial charge on any atom is -0.497 e. The standard InChI is InChI=1S/C25H35N7O7S/c1-5-26-24(35)21-19(33)20(34)25(39-21)32-13-28-18-22(27-10-15-6-8-16(38-4)9-7-15)30-17(31-23(18)32)11-29-40(36,37)12-14(2)3/h6-9,13-14,19-21,25,29,33-34H,5,10-12H2,1-4H3,(H,26,35)(H,27,30,31). The number of fused-ring (bicyclic) bond motifs is 1. The summed E-state index contributed by atoms with van der Waals surface area (Å²) in [6.07, 6.45) is -4.04. The fourth-order valence-electron chi connectivity index (χ4n) is 4.33. The second-order valence-corrected chi connectivity index (χ2v) is 11.7. The molecule has 1 fully saturated rings. The van der Waals surface area contributed by atoms with Crippen molar-refractivity contribution in [2.24, 2.45) is 5.92 Å². The van der Waals surface area contributed by atoms with Gasteiger partial charge in [0.15, 0.2) is 29.3 Å². The van der Waals surface area contributed by atoms with E-state index in [0.29, 0.717) is 30.2 Å². The molecular weight excluding hydrogens is 542 g/mol. The van der Waals surface area contributed by atoms with Crippen LogP contribution in [0, 0.1) is 5.92 Å². The highest BCUT2D eigenvalue weighted by Crippen LogP contribution is 2.33. The van der Waals surface area contributed by atoms with Crippen LogP contribution in [0.25, 0.3) is 11.2 Å². The van der Waals surface area contributed by atoms with Crippen molar-refractivity contribution in [3.63, 3.8) is 0 Å². The van der Waals surface area contributed by atoms with Gasteiger partial charge in [0.05, 0.1) is 25.7 Å². The van der Waals surface area contributed by atoms with Gasteiger partial charge in [-0.15, -0.1) is 0 Å². The summed E-state index contributed by atoms with van der Waals surface area (Å²) >= 11 is 0. The van der Waals surface area contributed by atoms with Crippen LogP contribution in [0.5, 0.6) is 5.75 Å². The van der Waals surface area contributed by atoms with Gasteiger partial charge in [0.25, 0.3) is 5.91 Å². The maximum atomic E-state index is 12.5. The van der Waals surface area contributed by atoms with Gasteiger partial charge in [-0.2, -0.15) is 0 Å². The van der Waals surface area contributed by atoms with Crippen molar-refractivity contribution in [3.8, 4) is 5.75 Å². The zero-order valence-corrected chi connectivity index (χ0v) is 23.6. The number of nitrogens with one attached hydrogen (secondary N) is 3. The molecule has 5 N–H and O–H groups in total. The molecule has 4 unspecified atom stereocenters. The second-order valence-electron chi connectivity index (χ2n) is 9.83. The number of hydrogen-bond donors (Lipinski definition) is 5. The van der Waals surface area contributed by atoms with E-state index in [1.165, 1.54) is 10.9 Å². The predicted molar refractivity (Wildman–Crippen MR) is 146 cm³/mol. The minimum atomic E-state index is -3.58. The molecule has 1 saturated heterocycles. The van der Waals surface area contributed by atoms with Crippen molar-refractivity contribution in [2.45, 2.75) is 58.4 Å². The van der Waals surface area contributed by atoms with Gasteiger partial charge >= 0.3 is 0 Å². The van der Waals surface area contributed by atoms with Gasteiger partial charge in [-0.3, -0.25) is 9.36 Å². The molecule has 2 aromatic heterocycles. The number of amides is 1. The number of anilines is 1. The third-order valence-corrected chi connectivity index (χ3v) is 7.90. The van der Waals surface area contributed by atoms with Crippen molar-refractivity contribution in [1.29, 1.82) is 0 Å². The predicted octanol–water partition coefficient (Wildman–Crippen LogP) is 0.278. The molecule has 1 amide bonds. The number of rotatable bonds is 12. The first-order chi connectivity index (χ1) is 19.0. The molecule has 0 aliphatic carbocycles. The molecule has 4 atom stereocenters. The Labute approximate surface area is 232 Å². The van der Waals surface area contributed by atoms with Crippen molar-refractivity contribution in [1.82, 2.24) is 29.6 Å². The smallest absolute Gasteiger partial charge is 0.252 e. The Kier molecular flexibility index (Phi) is 9.20. The maximum absolute atomic E-state index is 12.5. The number of aliphatic hydroxyl groups excluding tert-OH is 2. The van der Waals surface area contributed by atoms with Crippen LogP contribution in [-0.4, -0.2) is 81.8 Å². The van der Waals surface area contributed by atoms with Gasteiger partial charge in [-0.05, 0) is 30.5 Å². The molecule has 0 spiro atoms. The number of carbonyl (C=O) groups excluding carboxylic acids is 1. The Balaban J connectivity index is 1.67. The van der Waals surface area contributed by atoms with E-state index in [4.69, 9.17) is 9.47 Å². The van der Waals surface area contributed by atoms with Crippen LogP contribution in [0.1, 0.15) is 38.4 Å². The third kappa shape index (κ3) is 6.67. The van der Waals surface area contributed by atoms with Crippen molar-refractivity contribution >= 4 is 32.9 Å². The van der Waals surface area contributed by atoms with Gasteiger partial charge in [-0.1, -0.05) is 26.0 Å². The molecule has 0 radical (unpaired) electrons. The number of sulfonamides is 1. The highest BCUT2D eigenvalue weighted by atomic mass is 32.2. The summed E-state index contributed by atoms with van der Waals surface area (Å²) in [5.74, 6) is 0.493. The number of aliphatic hydroxyl groups is 2. The number of likely N-dealkylation sites (N-methyl/N-ethyl adjacent to an activating group) is 1. The Morgan fingerprint density at radius 1 is 1.15 bits per heavy atom. The van der Waals surface area contributed by atoms with Gasteiger partial charge in [0.2, 0.25) is 10.0 Å². The SMILES string of the molecule is CCNC(=O)C1OC(n2cnc3c(NCc4ccc(OC)cc4)nc(CNS(=O)(=O)CC(C)C)nc32)C(O)C1O. The van der Waals surface area contributed by atoms with E-state index in [2.05, 4.69) is 30.3 Å². The lowest BCUT2D eigenvalue weighted by atomic mass is 10.1. The lowest BCUT2D eigenvalue weighted by Gasteiger charge is -2.17. The van der Waals surface area contributed by atoms with E-state index in [1.807, 2.05) is 24.3 Å². The summed E-state index contributed by atoms with van der Waals surface area (Å²) in [4.78, 5) is 25.8. The monoisotopic (exact) mass is 577 g/mol. The van der Waals surface area contributed by atoms with Crippen LogP contribution in [0.3, 0.4) is 0 Å². The molecule has 1 aliphatic heterocycles. The molecule has 1 aliphatic rings. The number of hydrogen-bond acceptors (Lipinski definition) is 11. The normalized spacial score (nSPS) is 21.2. The highest BCUT2D eigenvalue weighted by Gasteiger charge is 2.47. The van der Waals surface area contributed by atoms with Crippen LogP contribution in [-0.2, 0) is 32.6 Å². The van der Waals surface area contributed by atoms with E-state index in [9.17, 15) is 23.4 Å². The van der Waals surface area contributed by atoms with Crippen molar-refractivity contribution in [3.05, 3.63) is 42.0 Å². The number of aromatic nitrogens is 4. The van der Waals surface area contributed by atoms with E-state index in [0.717, 1.165) is 5.56 Å². The summed E-state index contributed by atoms with van der Waals surface area (Å²) in [6.45, 7) is 5.83. The quantitative estimate of drug-likeness (QED) is 0.199. The summed E-state index contributed by atoms with van der Waals surface area (Å²) in [6, 6.07) is 7.42. The van der Waals surface area contributed by atoms with E-state index in [-0.39, 0.29) is 29.7 Å². The number of carbonyl (C=O) groups is 1. The number of imidazole rings is 1. The number of methoxy groups -OCH3 is 1. The van der Waals surface area contributed by atoms with E-state index < -0.39 is 40.5 Å². The number of benzene rings is 1. The largest absolute Gasteiger partial charge is 0.497 e. The molecule has 14 nitrogen and oxygen atoms in total. The zero-order valence-electron chi connectivity index (χ0n) is 22.7. The fourth-order valence-corrected chi connectivity index (χ4v) is 5.68. The lowest BCUT2D eigenvalue weighted by Crippen LogP contribution is -2.42. The van der Waals surface area contributed by atoms with Gasteiger partial charge in [-0.25, -0.2) is 28.1 Å². The number of ether oxygens (including phenoxy) is 2. The van der Waals surface area contributed by atoms with Crippen molar-refractivity contribution in [2.75, 3.05) is 24.7 Å². The first-order valence-electron chi connectivity index (χ1n) is 12.9. The van der Waals surface area contributed by atoms with Gasteiger partial charge in [0, 0.05) is 13.1 Å². The van der Waals surface area contributed by atoms with Gasteiger partial charge in [0.1, 0.15) is 23.8 Å². The summed E-state index contributed by atoms with van der Waals surface area (Å²) in [5, 5.41) is 27.0. The van der Waals surface area contributed by atoms with Gasteiger partial charge < -0.3 is 30.3 Å². The maximum Gasteiger partial charge on any atom is 0.252 e. The topological polar surface area (TPSA) is 190 Å². The summed E-state index contributed by atoms with van der Waals surface area (Å²) in [7, 11) is -2.00. The molecule has 1 aromatic carbocycles. The van der Waals surface area contributed by atoms with Crippen LogP contribution in [0.2, 0.25) is 0 Å². The molecule has 0 saturated carbocycles. The van der Waals surface area contributed by atoms with Crippen LogP contribution in [0.4, 0.5) is 5.82 Å². The molecular formula is C25H35N7O7S. The second kappa shape index (κ2) is 12.4. The average molecular weight is 578 g/mol. The first-order valence-corrected chi connectivity index (χ1v) is 14.5. The molecule has 40 heavy (non-hydrogen) atoms. The first kappa shape index (κ1) is 29.6. The van der Waals surface area contributed by atoms with Crippen LogP contribution in [0.15, 0.2) is 30.6 Å². The van der Waals surface area contributed by atoms with E-state index in [1.54, 1.807) is 27.9 Å². The fraction of sp³-hybridized carbons (Fsp3) is 0.520. The minimum absolute atomic E-state index is 0.0586. The van der Waals surface area contributed by atoms with Crippen molar-refractivity contribution < 1.29 is 32.9 Å². The average Bonchev–Trinajstić information content (AvgIpc) is 3.46. The molecule has 15 heteroatoms. The third-order valence-electron chi connectivity index (χ3n) is 6.21.